The van der Waals surface area contributed by atoms with Crippen LogP contribution in [0.4, 0.5) is 0 Å². The molecule has 126 valence electrons. The predicted octanol–water partition coefficient (Wildman–Crippen LogP) is 3.96. The Labute approximate surface area is 141 Å². The van der Waals surface area contributed by atoms with Gasteiger partial charge in [-0.15, -0.1) is 0 Å². The second kappa shape index (κ2) is 5.30. The maximum absolute atomic E-state index is 13.5. The minimum Gasteiger partial charge on any atom is -0.336 e. The van der Waals surface area contributed by atoms with Gasteiger partial charge in [-0.2, -0.15) is 0 Å². The minimum atomic E-state index is 0.171. The first-order valence-electron chi connectivity index (χ1n) is 9.32. The molecule has 3 aliphatic carbocycles. The Balaban J connectivity index is 1.60. The Hall–Kier alpha value is -1.91. The fourth-order valence-corrected chi connectivity index (χ4v) is 4.17. The molecule has 1 amide bonds. The highest BCUT2D eigenvalue weighted by Gasteiger charge is 2.40. The summed E-state index contributed by atoms with van der Waals surface area (Å²) in [6.45, 7) is 1.90. The summed E-state index contributed by atoms with van der Waals surface area (Å²) in [5.74, 6) is 0.664. The number of aryl methyl sites for hydroxylation is 1. The van der Waals surface area contributed by atoms with Crippen molar-refractivity contribution in [3.8, 4) is 0 Å². The Kier molecular flexibility index (Phi) is 3.19. The number of hydrogen-bond donors (Lipinski definition) is 0. The average molecular weight is 325 g/mol. The van der Waals surface area contributed by atoms with Crippen molar-refractivity contribution >= 4 is 17.0 Å². The van der Waals surface area contributed by atoms with E-state index in [4.69, 9.17) is 4.52 Å². The van der Waals surface area contributed by atoms with Gasteiger partial charge in [0.1, 0.15) is 0 Å². The predicted molar refractivity (Wildman–Crippen MR) is 90.0 cm³/mol. The molecule has 0 bridgehead atoms. The smallest absolute Gasteiger partial charge is 0.259 e. The van der Waals surface area contributed by atoms with Crippen molar-refractivity contribution < 1.29 is 9.32 Å². The lowest BCUT2D eigenvalue weighted by Gasteiger charge is -2.29. The number of carbonyl (C=O) groups excluding carboxylic acids is 1. The topological polar surface area (TPSA) is 59.2 Å². The van der Waals surface area contributed by atoms with E-state index >= 15 is 0 Å². The summed E-state index contributed by atoms with van der Waals surface area (Å²) in [6.07, 6.45) is 9.40. The van der Waals surface area contributed by atoms with E-state index in [1.165, 1.54) is 12.8 Å². The first kappa shape index (κ1) is 14.4. The van der Waals surface area contributed by atoms with Gasteiger partial charge in [0.15, 0.2) is 0 Å². The van der Waals surface area contributed by atoms with E-state index in [0.717, 1.165) is 60.9 Å². The third kappa shape index (κ3) is 2.33. The van der Waals surface area contributed by atoms with E-state index in [0.29, 0.717) is 23.7 Å². The number of nitrogens with zero attached hydrogens (tertiary/aromatic N) is 3. The fraction of sp³-hybridized carbons (Fsp3) is 0.632. The Morgan fingerprint density at radius 1 is 1.12 bits per heavy atom. The summed E-state index contributed by atoms with van der Waals surface area (Å²) < 4.78 is 5.41. The second-order valence-electron chi connectivity index (χ2n) is 7.70. The van der Waals surface area contributed by atoms with Gasteiger partial charge in [0, 0.05) is 23.7 Å². The van der Waals surface area contributed by atoms with E-state index in [2.05, 4.69) is 15.0 Å². The molecule has 0 radical (unpaired) electrons. The first-order chi connectivity index (χ1) is 11.7. The molecule has 0 saturated heterocycles. The largest absolute Gasteiger partial charge is 0.336 e. The molecule has 2 heterocycles. The van der Waals surface area contributed by atoms with Gasteiger partial charge in [0.05, 0.1) is 16.6 Å². The third-order valence-corrected chi connectivity index (χ3v) is 5.76. The second-order valence-corrected chi connectivity index (χ2v) is 7.70. The molecule has 24 heavy (non-hydrogen) atoms. The molecule has 5 nitrogen and oxygen atoms in total. The monoisotopic (exact) mass is 325 g/mol. The van der Waals surface area contributed by atoms with E-state index in [1.807, 2.05) is 13.0 Å². The van der Waals surface area contributed by atoms with E-state index in [1.54, 1.807) is 0 Å². The summed E-state index contributed by atoms with van der Waals surface area (Å²) in [5.41, 5.74) is 3.07. The van der Waals surface area contributed by atoms with Crippen LogP contribution >= 0.6 is 0 Å². The van der Waals surface area contributed by atoms with Gasteiger partial charge in [0.2, 0.25) is 0 Å². The maximum atomic E-state index is 13.5. The van der Waals surface area contributed by atoms with Crippen molar-refractivity contribution in [3.05, 3.63) is 23.0 Å². The number of fused-ring (bicyclic) bond motifs is 1. The van der Waals surface area contributed by atoms with Crippen LogP contribution < -0.4 is 0 Å². The molecule has 0 unspecified atom stereocenters. The molecule has 0 spiro atoms. The quantitative estimate of drug-likeness (QED) is 0.854. The molecule has 0 atom stereocenters. The van der Waals surface area contributed by atoms with Crippen molar-refractivity contribution in [2.24, 2.45) is 0 Å². The van der Waals surface area contributed by atoms with E-state index in [-0.39, 0.29) is 5.91 Å². The normalized spacial score (nSPS) is 21.5. The van der Waals surface area contributed by atoms with Gasteiger partial charge in [-0.3, -0.25) is 4.79 Å². The zero-order valence-corrected chi connectivity index (χ0v) is 14.1. The van der Waals surface area contributed by atoms with Crippen LogP contribution in [-0.4, -0.2) is 33.0 Å². The highest BCUT2D eigenvalue weighted by molar-refractivity contribution is 6.06. The molecule has 0 aliphatic heterocycles. The van der Waals surface area contributed by atoms with Crippen LogP contribution in [0.2, 0.25) is 0 Å². The lowest BCUT2D eigenvalue weighted by molar-refractivity contribution is 0.0666. The first-order valence-corrected chi connectivity index (χ1v) is 9.32. The van der Waals surface area contributed by atoms with Crippen molar-refractivity contribution in [2.45, 2.75) is 76.3 Å². The number of amides is 1. The van der Waals surface area contributed by atoms with Gasteiger partial charge < -0.3 is 9.42 Å². The molecule has 0 N–H and O–H groups in total. The number of carbonyl (C=O) groups is 1. The molecular formula is C19H23N3O2. The molecule has 5 heteroatoms. The molecule has 3 aliphatic rings. The Bertz CT molecular complexity index is 798. The van der Waals surface area contributed by atoms with Crippen LogP contribution in [0.15, 0.2) is 10.6 Å². The Morgan fingerprint density at radius 3 is 2.50 bits per heavy atom. The third-order valence-electron chi connectivity index (χ3n) is 5.76. The molecule has 3 saturated carbocycles. The number of aromatic nitrogens is 2. The molecule has 2 aromatic heterocycles. The highest BCUT2D eigenvalue weighted by Crippen LogP contribution is 2.42. The van der Waals surface area contributed by atoms with Crippen molar-refractivity contribution in [1.82, 2.24) is 15.0 Å². The lowest BCUT2D eigenvalue weighted by atomic mass is 10.0. The van der Waals surface area contributed by atoms with Crippen LogP contribution in [0.25, 0.3) is 11.1 Å². The standard InChI is InChI=1S/C19H23N3O2/c1-11-17-15(10-16(12-6-7-12)20-18(17)24-21-11)19(23)22(14-8-9-14)13-4-2-3-5-13/h10,12-14H,2-9H2,1H3. The lowest BCUT2D eigenvalue weighted by Crippen LogP contribution is -2.40. The summed E-state index contributed by atoms with van der Waals surface area (Å²) in [6, 6.07) is 2.88. The number of pyridine rings is 1. The fourth-order valence-electron chi connectivity index (χ4n) is 4.17. The SMILES string of the molecule is Cc1noc2nc(C3CC3)cc(C(=O)N(C3CCCC3)C3CC3)c12. The summed E-state index contributed by atoms with van der Waals surface area (Å²) in [7, 11) is 0. The van der Waals surface area contributed by atoms with Crippen molar-refractivity contribution in [2.75, 3.05) is 0 Å². The number of hydrogen-bond acceptors (Lipinski definition) is 4. The molecular weight excluding hydrogens is 302 g/mol. The molecule has 2 aromatic rings. The highest BCUT2D eigenvalue weighted by atomic mass is 16.5. The summed E-state index contributed by atoms with van der Waals surface area (Å²) >= 11 is 0. The maximum Gasteiger partial charge on any atom is 0.259 e. The van der Waals surface area contributed by atoms with Gasteiger partial charge in [-0.05, 0) is 51.5 Å². The number of rotatable bonds is 4. The van der Waals surface area contributed by atoms with Crippen LogP contribution in [0.3, 0.4) is 0 Å². The summed E-state index contributed by atoms with van der Waals surface area (Å²) in [5, 5.41) is 4.88. The molecule has 3 fully saturated rings. The Morgan fingerprint density at radius 2 is 1.83 bits per heavy atom. The van der Waals surface area contributed by atoms with Gasteiger partial charge in [-0.1, -0.05) is 18.0 Å². The summed E-state index contributed by atoms with van der Waals surface area (Å²) in [4.78, 5) is 20.3. The van der Waals surface area contributed by atoms with Crippen LogP contribution in [0, 0.1) is 6.92 Å². The average Bonchev–Trinajstić information content (AvgIpc) is 3.51. The van der Waals surface area contributed by atoms with Crippen molar-refractivity contribution in [1.29, 1.82) is 0 Å². The van der Waals surface area contributed by atoms with Gasteiger partial charge in [-0.25, -0.2) is 4.98 Å². The van der Waals surface area contributed by atoms with Crippen LogP contribution in [-0.2, 0) is 0 Å². The van der Waals surface area contributed by atoms with Crippen LogP contribution in [0.1, 0.15) is 79.0 Å². The van der Waals surface area contributed by atoms with E-state index in [9.17, 15) is 4.79 Å². The minimum absolute atomic E-state index is 0.171. The zero-order valence-electron chi connectivity index (χ0n) is 14.1. The molecule has 0 aromatic carbocycles. The molecule has 5 rings (SSSR count). The van der Waals surface area contributed by atoms with Crippen molar-refractivity contribution in [3.63, 3.8) is 0 Å². The van der Waals surface area contributed by atoms with Gasteiger partial charge >= 0.3 is 0 Å². The van der Waals surface area contributed by atoms with E-state index < -0.39 is 0 Å². The van der Waals surface area contributed by atoms with Gasteiger partial charge in [0.25, 0.3) is 11.6 Å². The van der Waals surface area contributed by atoms with Crippen LogP contribution in [0.5, 0.6) is 0 Å². The zero-order chi connectivity index (χ0) is 16.3.